The first-order chi connectivity index (χ1) is 7.58. The van der Waals surface area contributed by atoms with E-state index in [1.807, 2.05) is 0 Å². The molecule has 1 unspecified atom stereocenters. The molecule has 4 nitrogen and oxygen atoms in total. The van der Waals surface area contributed by atoms with Gasteiger partial charge in [0.25, 0.3) is 0 Å². The molecule has 0 spiro atoms. The Morgan fingerprint density at radius 2 is 2.25 bits per heavy atom. The van der Waals surface area contributed by atoms with E-state index in [9.17, 15) is 9.18 Å². The lowest BCUT2D eigenvalue weighted by atomic mass is 10.1. The van der Waals surface area contributed by atoms with Gasteiger partial charge in [-0.3, -0.25) is 0 Å². The van der Waals surface area contributed by atoms with Crippen molar-refractivity contribution < 1.29 is 13.9 Å². The van der Waals surface area contributed by atoms with E-state index in [0.29, 0.717) is 17.8 Å². The Hall–Kier alpha value is -1.78. The number of benzene rings is 1. The fourth-order valence-electron chi connectivity index (χ4n) is 1.66. The second-order valence-electron chi connectivity index (χ2n) is 3.88. The molecule has 0 aliphatic carbocycles. The molecule has 2 rings (SSSR count). The zero-order chi connectivity index (χ0) is 11.7. The molecule has 1 atom stereocenters. The number of hydrogen-bond donors (Lipinski definition) is 1. The quantitative estimate of drug-likeness (QED) is 0.830. The minimum Gasteiger partial charge on any atom is -0.439 e. The number of ether oxygens (including phenoxy) is 1. The maximum Gasteiger partial charge on any atom is 0.407 e. The van der Waals surface area contributed by atoms with Crippen molar-refractivity contribution in [2.45, 2.75) is 6.10 Å². The summed E-state index contributed by atoms with van der Waals surface area (Å²) < 4.78 is 18.6. The average molecular weight is 224 g/mol. The third-order valence-corrected chi connectivity index (χ3v) is 2.51. The molecule has 0 aromatic heterocycles. The lowest BCUT2D eigenvalue weighted by Crippen LogP contribution is -2.13. The SMILES string of the molecule is CN(C)c1ccc(C2CNC(=O)O2)cc1F. The molecule has 1 aliphatic heterocycles. The van der Waals surface area contributed by atoms with Crippen LogP contribution in [0, 0.1) is 5.82 Å². The van der Waals surface area contributed by atoms with Crippen LogP contribution in [-0.2, 0) is 4.74 Å². The molecule has 1 fully saturated rings. The van der Waals surface area contributed by atoms with Gasteiger partial charge in [-0.25, -0.2) is 9.18 Å². The summed E-state index contributed by atoms with van der Waals surface area (Å²) in [4.78, 5) is 12.5. The van der Waals surface area contributed by atoms with Crippen LogP contribution in [0.25, 0.3) is 0 Å². The summed E-state index contributed by atoms with van der Waals surface area (Å²) in [5, 5.41) is 2.53. The number of hydrogen-bond acceptors (Lipinski definition) is 3. The van der Waals surface area contributed by atoms with Crippen LogP contribution in [0.3, 0.4) is 0 Å². The minimum atomic E-state index is -0.456. The van der Waals surface area contributed by atoms with E-state index >= 15 is 0 Å². The van der Waals surface area contributed by atoms with Gasteiger partial charge in [0.1, 0.15) is 11.9 Å². The van der Waals surface area contributed by atoms with Crippen molar-refractivity contribution in [2.75, 3.05) is 25.5 Å². The van der Waals surface area contributed by atoms with E-state index in [0.717, 1.165) is 0 Å². The number of halogens is 1. The van der Waals surface area contributed by atoms with Gasteiger partial charge in [-0.15, -0.1) is 0 Å². The third kappa shape index (κ3) is 1.93. The van der Waals surface area contributed by atoms with Crippen LogP contribution in [0.1, 0.15) is 11.7 Å². The number of rotatable bonds is 2. The number of carbonyl (C=O) groups is 1. The summed E-state index contributed by atoms with van der Waals surface area (Å²) in [6.45, 7) is 0.388. The van der Waals surface area contributed by atoms with Crippen LogP contribution in [0.4, 0.5) is 14.9 Å². The second-order valence-corrected chi connectivity index (χ2v) is 3.88. The standard InChI is InChI=1S/C11H13FN2O2/c1-14(2)9-4-3-7(5-8(9)12)10-6-13-11(15)16-10/h3-5,10H,6H2,1-2H3,(H,13,15). The van der Waals surface area contributed by atoms with E-state index in [1.54, 1.807) is 31.1 Å². The number of anilines is 1. The second kappa shape index (κ2) is 4.00. The first-order valence-electron chi connectivity index (χ1n) is 4.99. The molecule has 0 saturated carbocycles. The van der Waals surface area contributed by atoms with Gasteiger partial charge < -0.3 is 15.0 Å². The molecule has 1 heterocycles. The fourth-order valence-corrected chi connectivity index (χ4v) is 1.66. The summed E-state index contributed by atoms with van der Waals surface area (Å²) >= 11 is 0. The third-order valence-electron chi connectivity index (χ3n) is 2.51. The predicted octanol–water partition coefficient (Wildman–Crippen LogP) is 1.67. The summed E-state index contributed by atoms with van der Waals surface area (Å²) in [7, 11) is 3.55. The normalized spacial score (nSPS) is 19.2. The molecule has 1 amide bonds. The molecule has 86 valence electrons. The predicted molar refractivity (Wildman–Crippen MR) is 58.0 cm³/mol. The van der Waals surface area contributed by atoms with Gasteiger partial charge in [0.05, 0.1) is 12.2 Å². The smallest absolute Gasteiger partial charge is 0.407 e. The Balaban J connectivity index is 2.24. The molecular formula is C11H13FN2O2. The van der Waals surface area contributed by atoms with Gasteiger partial charge in [-0.2, -0.15) is 0 Å². The number of amides is 1. The molecule has 1 N–H and O–H groups in total. The lowest BCUT2D eigenvalue weighted by Gasteiger charge is -2.15. The van der Waals surface area contributed by atoms with Crippen molar-refractivity contribution >= 4 is 11.8 Å². The zero-order valence-corrected chi connectivity index (χ0v) is 9.16. The lowest BCUT2D eigenvalue weighted by molar-refractivity contribution is 0.141. The largest absolute Gasteiger partial charge is 0.439 e. The summed E-state index contributed by atoms with van der Waals surface area (Å²) in [5.41, 5.74) is 1.18. The van der Waals surface area contributed by atoms with Crippen LogP contribution in [-0.4, -0.2) is 26.7 Å². The highest BCUT2D eigenvalue weighted by atomic mass is 19.1. The van der Waals surface area contributed by atoms with Crippen molar-refractivity contribution in [3.8, 4) is 0 Å². The van der Waals surface area contributed by atoms with Gasteiger partial charge in [-0.05, 0) is 17.7 Å². The first kappa shape index (κ1) is 10.7. The molecule has 5 heteroatoms. The molecule has 1 aromatic rings. The van der Waals surface area contributed by atoms with E-state index in [-0.39, 0.29) is 5.82 Å². The van der Waals surface area contributed by atoms with E-state index in [1.165, 1.54) is 6.07 Å². The highest BCUT2D eigenvalue weighted by Crippen LogP contribution is 2.25. The summed E-state index contributed by atoms with van der Waals surface area (Å²) in [6.07, 6.45) is -0.847. The number of cyclic esters (lactones) is 1. The number of nitrogens with zero attached hydrogens (tertiary/aromatic N) is 1. The Labute approximate surface area is 93.0 Å². The number of alkyl carbamates (subject to hydrolysis) is 1. The van der Waals surface area contributed by atoms with Gasteiger partial charge in [0, 0.05) is 14.1 Å². The van der Waals surface area contributed by atoms with Gasteiger partial charge in [0.2, 0.25) is 0 Å². The molecule has 16 heavy (non-hydrogen) atoms. The van der Waals surface area contributed by atoms with Crippen LogP contribution >= 0.6 is 0 Å². The van der Waals surface area contributed by atoms with Crippen molar-refractivity contribution in [2.24, 2.45) is 0 Å². The highest BCUT2D eigenvalue weighted by molar-refractivity contribution is 5.69. The van der Waals surface area contributed by atoms with Crippen LogP contribution in [0.2, 0.25) is 0 Å². The van der Waals surface area contributed by atoms with E-state index in [2.05, 4.69) is 5.32 Å². The topological polar surface area (TPSA) is 41.6 Å². The fraction of sp³-hybridized carbons (Fsp3) is 0.364. The van der Waals surface area contributed by atoms with Crippen LogP contribution in [0.5, 0.6) is 0 Å². The molecule has 1 aromatic carbocycles. The van der Waals surface area contributed by atoms with Gasteiger partial charge >= 0.3 is 6.09 Å². The van der Waals surface area contributed by atoms with Crippen molar-refractivity contribution in [1.82, 2.24) is 5.32 Å². The number of carbonyl (C=O) groups excluding carboxylic acids is 1. The van der Waals surface area contributed by atoms with E-state index in [4.69, 9.17) is 4.74 Å². The summed E-state index contributed by atoms with van der Waals surface area (Å²) in [6, 6.07) is 4.85. The molecule has 1 saturated heterocycles. The van der Waals surface area contributed by atoms with E-state index < -0.39 is 12.2 Å². The highest BCUT2D eigenvalue weighted by Gasteiger charge is 2.24. The maximum absolute atomic E-state index is 13.6. The van der Waals surface area contributed by atoms with Gasteiger partial charge in [-0.1, -0.05) is 6.07 Å². The first-order valence-corrected chi connectivity index (χ1v) is 4.99. The summed E-state index contributed by atoms with van der Waals surface area (Å²) in [5.74, 6) is -0.314. The van der Waals surface area contributed by atoms with Gasteiger partial charge in [0.15, 0.2) is 0 Å². The Kier molecular flexibility index (Phi) is 2.68. The average Bonchev–Trinajstić information content (AvgIpc) is 2.64. The maximum atomic E-state index is 13.6. The Bertz CT molecular complexity index is 420. The van der Waals surface area contributed by atoms with Crippen molar-refractivity contribution in [1.29, 1.82) is 0 Å². The Morgan fingerprint density at radius 1 is 1.50 bits per heavy atom. The molecule has 0 radical (unpaired) electrons. The zero-order valence-electron chi connectivity index (χ0n) is 9.16. The van der Waals surface area contributed by atoms with Crippen LogP contribution in [0.15, 0.2) is 18.2 Å². The molecule has 1 aliphatic rings. The monoisotopic (exact) mass is 224 g/mol. The number of nitrogens with one attached hydrogen (secondary N) is 1. The molecule has 0 bridgehead atoms. The Morgan fingerprint density at radius 3 is 2.75 bits per heavy atom. The van der Waals surface area contributed by atoms with Crippen molar-refractivity contribution in [3.63, 3.8) is 0 Å². The van der Waals surface area contributed by atoms with Crippen LogP contribution < -0.4 is 10.2 Å². The minimum absolute atomic E-state index is 0.314. The van der Waals surface area contributed by atoms with Crippen molar-refractivity contribution in [3.05, 3.63) is 29.6 Å². The molecular weight excluding hydrogens is 211 g/mol.